The van der Waals surface area contributed by atoms with Crippen LogP contribution in [0.15, 0.2) is 36.4 Å². The number of piperazine rings is 2. The Hall–Kier alpha value is -2.80. The maximum atomic E-state index is 14.5. The van der Waals surface area contributed by atoms with E-state index in [0.717, 1.165) is 44.7 Å². The van der Waals surface area contributed by atoms with Crippen LogP contribution in [0, 0.1) is 11.7 Å². The Morgan fingerprint density at radius 1 is 0.745 bits per heavy atom. The van der Waals surface area contributed by atoms with Gasteiger partial charge in [0.2, 0.25) is 0 Å². The Labute approximate surface area is 285 Å². The third-order valence-corrected chi connectivity index (χ3v) is 9.66. The van der Waals surface area contributed by atoms with Crippen molar-refractivity contribution in [2.45, 2.75) is 50.3 Å². The van der Waals surface area contributed by atoms with E-state index in [1.54, 1.807) is 34.1 Å². The molecule has 0 spiro atoms. The smallest absolute Gasteiger partial charge is 0.391 e. The summed E-state index contributed by atoms with van der Waals surface area (Å²) in [6, 6.07) is 9.78. The molecule has 4 aliphatic rings. The quantitative estimate of drug-likeness (QED) is 0.401. The van der Waals surface area contributed by atoms with Crippen LogP contribution in [0.5, 0.6) is 5.75 Å². The van der Waals surface area contributed by atoms with Crippen LogP contribution in [0.4, 0.5) is 23.2 Å². The minimum absolute atomic E-state index is 0. The lowest BCUT2D eigenvalue weighted by Gasteiger charge is -2.35. The number of nitrogens with zero attached hydrogens (tertiary/aromatic N) is 3. The van der Waals surface area contributed by atoms with Gasteiger partial charge in [-0.1, -0.05) is 0 Å². The summed E-state index contributed by atoms with van der Waals surface area (Å²) in [5, 5.41) is 6.53. The van der Waals surface area contributed by atoms with Crippen LogP contribution in [0.25, 0.3) is 0 Å². The van der Waals surface area contributed by atoms with Crippen LogP contribution < -0.4 is 20.3 Å². The van der Waals surface area contributed by atoms with E-state index in [0.29, 0.717) is 68.1 Å². The van der Waals surface area contributed by atoms with E-state index in [1.165, 1.54) is 12.1 Å². The third-order valence-electron chi connectivity index (χ3n) is 9.66. The topological polar surface area (TPSA) is 77.2 Å². The number of rotatable bonds is 6. The van der Waals surface area contributed by atoms with Crippen molar-refractivity contribution in [1.29, 1.82) is 0 Å². The molecular weight excluding hydrogens is 661 g/mol. The van der Waals surface area contributed by atoms with Crippen molar-refractivity contribution in [1.82, 2.24) is 20.4 Å². The van der Waals surface area contributed by atoms with Gasteiger partial charge in [0.1, 0.15) is 17.7 Å². The molecule has 4 fully saturated rings. The number of nitrogens with one attached hydrogen (secondary N) is 2. The molecule has 2 amide bonds. The zero-order valence-corrected chi connectivity index (χ0v) is 27.8. The molecule has 0 aromatic heterocycles. The van der Waals surface area contributed by atoms with Crippen molar-refractivity contribution < 1.29 is 31.9 Å². The third kappa shape index (κ3) is 8.82. The number of carbonyl (C=O) groups excluding carboxylic acids is 2. The van der Waals surface area contributed by atoms with Gasteiger partial charge < -0.3 is 30.1 Å². The summed E-state index contributed by atoms with van der Waals surface area (Å²) in [6.07, 6.45) is -2.46. The number of halogens is 6. The van der Waals surface area contributed by atoms with Crippen molar-refractivity contribution in [3.05, 3.63) is 58.9 Å². The molecule has 3 aliphatic heterocycles. The molecule has 0 bridgehead atoms. The molecule has 1 aliphatic carbocycles. The van der Waals surface area contributed by atoms with Gasteiger partial charge in [-0.25, -0.2) is 4.39 Å². The lowest BCUT2D eigenvalue weighted by Crippen LogP contribution is -2.50. The monoisotopic (exact) mass is 703 g/mol. The summed E-state index contributed by atoms with van der Waals surface area (Å²) < 4.78 is 60.9. The van der Waals surface area contributed by atoms with Crippen LogP contribution in [-0.4, -0.2) is 99.3 Å². The Morgan fingerprint density at radius 3 is 1.98 bits per heavy atom. The van der Waals surface area contributed by atoms with E-state index in [4.69, 9.17) is 4.74 Å². The summed E-state index contributed by atoms with van der Waals surface area (Å²) >= 11 is 0. The van der Waals surface area contributed by atoms with Crippen LogP contribution in [-0.2, 0) is 0 Å². The summed E-state index contributed by atoms with van der Waals surface area (Å²) in [6.45, 7) is 5.88. The van der Waals surface area contributed by atoms with Gasteiger partial charge in [-0.3, -0.25) is 9.59 Å². The van der Waals surface area contributed by atoms with Crippen molar-refractivity contribution in [2.24, 2.45) is 5.92 Å². The van der Waals surface area contributed by atoms with Crippen LogP contribution in [0.2, 0.25) is 0 Å². The average molecular weight is 705 g/mol. The van der Waals surface area contributed by atoms with Gasteiger partial charge in [0, 0.05) is 75.7 Å². The number of hydrogen-bond donors (Lipinski definition) is 2. The van der Waals surface area contributed by atoms with Gasteiger partial charge in [0.05, 0.1) is 5.92 Å². The molecule has 260 valence electrons. The van der Waals surface area contributed by atoms with Gasteiger partial charge in [-0.2, -0.15) is 13.2 Å². The molecule has 8 nitrogen and oxygen atoms in total. The lowest BCUT2D eigenvalue weighted by molar-refractivity contribution is -0.182. The Bertz CT molecular complexity index is 1370. The lowest BCUT2D eigenvalue weighted by atomic mass is 9.78. The molecule has 0 unspecified atom stereocenters. The predicted molar refractivity (Wildman–Crippen MR) is 177 cm³/mol. The summed E-state index contributed by atoms with van der Waals surface area (Å²) in [7, 11) is 0. The van der Waals surface area contributed by atoms with Gasteiger partial charge >= 0.3 is 6.18 Å². The molecule has 1 atom stereocenters. The first kappa shape index (κ1) is 37.0. The standard InChI is InChI=1S/C33H41F4N5O3.2ClH/c34-26-17-24(18-27(20-26)40-11-9-38-10-12-40)32(44)42-15-13-41(14-16-42)31(43)23-3-6-30(45-28-7-8-39-21-28)29(19-23)22-1-4-25(5-2-22)33(35,36)37;;/h3,6,17-20,22,25,28,38-39H,1-2,4-5,7-16,21H2;2*1H/t22?,25?,28-;;/m0../s1. The second kappa shape index (κ2) is 16.1. The van der Waals surface area contributed by atoms with E-state index in [-0.39, 0.29) is 61.5 Å². The van der Waals surface area contributed by atoms with E-state index in [9.17, 15) is 27.2 Å². The maximum absolute atomic E-state index is 14.5. The molecule has 2 aromatic rings. The van der Waals surface area contributed by atoms with Gasteiger partial charge in [-0.15, -0.1) is 24.8 Å². The Morgan fingerprint density at radius 2 is 1.38 bits per heavy atom. The fourth-order valence-electron chi connectivity index (χ4n) is 7.03. The molecular formula is C33H43Cl2F4N5O3. The predicted octanol–water partition coefficient (Wildman–Crippen LogP) is 5.25. The van der Waals surface area contributed by atoms with E-state index >= 15 is 0 Å². The molecule has 2 aromatic carbocycles. The van der Waals surface area contributed by atoms with Crippen molar-refractivity contribution in [3.63, 3.8) is 0 Å². The van der Waals surface area contributed by atoms with E-state index < -0.39 is 17.9 Å². The highest BCUT2D eigenvalue weighted by Gasteiger charge is 2.42. The van der Waals surface area contributed by atoms with Crippen molar-refractivity contribution >= 4 is 42.3 Å². The fraction of sp³-hybridized carbons (Fsp3) is 0.576. The zero-order chi connectivity index (χ0) is 31.6. The van der Waals surface area contributed by atoms with Crippen LogP contribution in [0.3, 0.4) is 0 Å². The minimum Gasteiger partial charge on any atom is -0.489 e. The summed E-state index contributed by atoms with van der Waals surface area (Å²) in [5.41, 5.74) is 2.24. The molecule has 14 heteroatoms. The molecule has 6 rings (SSSR count). The van der Waals surface area contributed by atoms with E-state index in [2.05, 4.69) is 15.5 Å². The number of anilines is 1. The van der Waals surface area contributed by atoms with Gasteiger partial charge in [0.15, 0.2) is 0 Å². The second-order valence-corrected chi connectivity index (χ2v) is 12.6. The SMILES string of the molecule is Cl.Cl.O=C(c1cc(F)cc(N2CCNCC2)c1)N1CCN(C(=O)c2ccc(O[C@H]3CCNC3)c(C3CCC(C(F)(F)F)CC3)c2)CC1. The molecule has 0 radical (unpaired) electrons. The Balaban J connectivity index is 0.00000250. The maximum Gasteiger partial charge on any atom is 0.391 e. The second-order valence-electron chi connectivity index (χ2n) is 12.6. The summed E-state index contributed by atoms with van der Waals surface area (Å²) in [5.74, 6) is -1.68. The molecule has 1 saturated carbocycles. The number of amides is 2. The van der Waals surface area contributed by atoms with Crippen LogP contribution >= 0.6 is 24.8 Å². The highest BCUT2D eigenvalue weighted by atomic mass is 35.5. The highest BCUT2D eigenvalue weighted by Crippen LogP contribution is 2.45. The fourth-order valence-corrected chi connectivity index (χ4v) is 7.03. The van der Waals surface area contributed by atoms with Crippen molar-refractivity contribution in [3.8, 4) is 5.75 Å². The first-order valence-electron chi connectivity index (χ1n) is 16.1. The number of alkyl halides is 3. The molecule has 3 heterocycles. The molecule has 47 heavy (non-hydrogen) atoms. The zero-order valence-electron chi connectivity index (χ0n) is 26.2. The minimum atomic E-state index is -4.19. The highest BCUT2D eigenvalue weighted by molar-refractivity contribution is 5.97. The van der Waals surface area contributed by atoms with Gasteiger partial charge in [0.25, 0.3) is 11.8 Å². The molecule has 3 saturated heterocycles. The number of carbonyl (C=O) groups is 2. The average Bonchev–Trinajstić information content (AvgIpc) is 3.57. The van der Waals surface area contributed by atoms with Crippen LogP contribution in [0.1, 0.15) is 64.3 Å². The number of benzene rings is 2. The normalized spacial score (nSPS) is 23.5. The first-order chi connectivity index (χ1) is 21.7. The van der Waals surface area contributed by atoms with E-state index in [1.807, 2.05) is 0 Å². The molecule has 2 N–H and O–H groups in total. The van der Waals surface area contributed by atoms with Gasteiger partial charge in [-0.05, 0) is 86.5 Å². The number of hydrogen-bond acceptors (Lipinski definition) is 6. The van der Waals surface area contributed by atoms with Crippen molar-refractivity contribution in [2.75, 3.05) is 70.3 Å². The summed E-state index contributed by atoms with van der Waals surface area (Å²) in [4.78, 5) is 32.4. The largest absolute Gasteiger partial charge is 0.489 e. The number of ether oxygens (including phenoxy) is 1. The Kier molecular flexibility index (Phi) is 12.7. The first-order valence-corrected chi connectivity index (χ1v) is 16.1.